The van der Waals surface area contributed by atoms with Gasteiger partial charge in [0.25, 0.3) is 0 Å². The van der Waals surface area contributed by atoms with Gasteiger partial charge < -0.3 is 9.26 Å². The fourth-order valence-electron chi connectivity index (χ4n) is 2.79. The summed E-state index contributed by atoms with van der Waals surface area (Å²) < 4.78 is 12.1. The van der Waals surface area contributed by atoms with Crippen LogP contribution in [0.25, 0.3) is 5.82 Å². The third kappa shape index (κ3) is 4.66. The molecule has 0 bridgehead atoms. The third-order valence-electron chi connectivity index (χ3n) is 4.11. The quantitative estimate of drug-likeness (QED) is 0.318. The molecule has 0 aliphatic carbocycles. The second-order valence-corrected chi connectivity index (χ2v) is 7.73. The van der Waals surface area contributed by atoms with Gasteiger partial charge in [-0.1, -0.05) is 16.8 Å². The van der Waals surface area contributed by atoms with Crippen LogP contribution in [-0.2, 0) is 9.53 Å². The predicted octanol–water partition coefficient (Wildman–Crippen LogP) is 4.56. The van der Waals surface area contributed by atoms with Crippen molar-refractivity contribution >= 4 is 35.1 Å². The van der Waals surface area contributed by atoms with E-state index in [-0.39, 0.29) is 18.1 Å². The van der Waals surface area contributed by atoms with Gasteiger partial charge in [0.15, 0.2) is 12.4 Å². The zero-order valence-electron chi connectivity index (χ0n) is 15.7. The average molecular weight is 419 g/mol. The predicted molar refractivity (Wildman–Crippen MR) is 108 cm³/mol. The smallest absolute Gasteiger partial charge is 0.316 e. The second-order valence-electron chi connectivity index (χ2n) is 6.24. The van der Waals surface area contributed by atoms with Crippen molar-refractivity contribution in [3.05, 3.63) is 64.1 Å². The van der Waals surface area contributed by atoms with Crippen LogP contribution in [0.3, 0.4) is 0 Å². The maximum Gasteiger partial charge on any atom is 0.316 e. The lowest BCUT2D eigenvalue weighted by atomic mass is 10.1. The topological polar surface area (TPSA) is 74.3 Å². The van der Waals surface area contributed by atoms with E-state index >= 15 is 0 Å². The number of aromatic nitrogens is 2. The van der Waals surface area contributed by atoms with Crippen LogP contribution in [0.1, 0.15) is 27.5 Å². The molecule has 0 aliphatic heterocycles. The van der Waals surface area contributed by atoms with Crippen LogP contribution in [0.5, 0.6) is 0 Å². The summed E-state index contributed by atoms with van der Waals surface area (Å²) in [5.74, 6) is 0.704. The van der Waals surface area contributed by atoms with Gasteiger partial charge in [-0.25, -0.2) is 0 Å². The molecule has 28 heavy (non-hydrogen) atoms. The highest BCUT2D eigenvalue weighted by Crippen LogP contribution is 2.22. The number of ketones is 1. The number of carbonyl (C=O) groups excluding carboxylic acids is 2. The lowest BCUT2D eigenvalue weighted by Crippen LogP contribution is -2.16. The second kappa shape index (κ2) is 8.67. The van der Waals surface area contributed by atoms with Gasteiger partial charge in [0, 0.05) is 32.9 Å². The number of nitrogens with zero attached hydrogens (tertiary/aromatic N) is 2. The third-order valence-corrected chi connectivity index (χ3v) is 5.35. The molecule has 0 radical (unpaired) electrons. The Morgan fingerprint density at radius 3 is 2.54 bits per heavy atom. The van der Waals surface area contributed by atoms with E-state index in [1.54, 1.807) is 31.2 Å². The van der Waals surface area contributed by atoms with Crippen molar-refractivity contribution in [2.24, 2.45) is 0 Å². The maximum absolute atomic E-state index is 12.5. The Balaban J connectivity index is 1.59. The normalized spacial score (nSPS) is 10.9. The average Bonchev–Trinajstić information content (AvgIpc) is 3.21. The molecule has 2 aromatic heterocycles. The fraction of sp³-hybridized carbons (Fsp3) is 0.250. The van der Waals surface area contributed by atoms with E-state index in [0.29, 0.717) is 22.2 Å². The highest BCUT2D eigenvalue weighted by atomic mass is 35.5. The molecule has 0 atom stereocenters. The standard InChI is InChI=1S/C20H19ClN2O4S/c1-12-8-17(14(3)23(12)19-9-13(2)27-22-19)18(24)10-26-20(25)11-28-16-6-4-15(21)5-7-16/h4-9H,10-11H2,1-3H3. The van der Waals surface area contributed by atoms with E-state index in [0.717, 1.165) is 16.3 Å². The van der Waals surface area contributed by atoms with Gasteiger partial charge in [-0.15, -0.1) is 11.8 Å². The number of esters is 1. The molecule has 6 nitrogen and oxygen atoms in total. The first-order valence-corrected chi connectivity index (χ1v) is 9.91. The number of benzene rings is 1. The number of halogens is 1. The van der Waals surface area contributed by atoms with Crippen molar-refractivity contribution in [1.82, 2.24) is 9.72 Å². The Morgan fingerprint density at radius 2 is 1.89 bits per heavy atom. The van der Waals surface area contributed by atoms with Crippen LogP contribution in [0, 0.1) is 20.8 Å². The van der Waals surface area contributed by atoms with Crippen LogP contribution >= 0.6 is 23.4 Å². The number of hydrogen-bond donors (Lipinski definition) is 0. The largest absolute Gasteiger partial charge is 0.457 e. The minimum atomic E-state index is -0.450. The first kappa shape index (κ1) is 20.2. The highest BCUT2D eigenvalue weighted by Gasteiger charge is 2.19. The Labute approximate surface area is 171 Å². The summed E-state index contributed by atoms with van der Waals surface area (Å²) in [4.78, 5) is 25.4. The molecule has 1 aromatic carbocycles. The molecule has 0 unspecified atom stereocenters. The zero-order valence-corrected chi connectivity index (χ0v) is 17.3. The summed E-state index contributed by atoms with van der Waals surface area (Å²) >= 11 is 7.16. The monoisotopic (exact) mass is 418 g/mol. The Morgan fingerprint density at radius 1 is 1.18 bits per heavy atom. The Bertz CT molecular complexity index is 1010. The molecule has 3 rings (SSSR count). The van der Waals surface area contributed by atoms with E-state index in [1.165, 1.54) is 11.8 Å². The van der Waals surface area contributed by atoms with E-state index < -0.39 is 5.97 Å². The van der Waals surface area contributed by atoms with Crippen molar-refractivity contribution in [3.63, 3.8) is 0 Å². The van der Waals surface area contributed by atoms with Crippen molar-refractivity contribution in [2.75, 3.05) is 12.4 Å². The number of thioether (sulfide) groups is 1. The van der Waals surface area contributed by atoms with Gasteiger partial charge >= 0.3 is 5.97 Å². The van der Waals surface area contributed by atoms with E-state index in [2.05, 4.69) is 5.16 Å². The number of carbonyl (C=O) groups is 2. The molecule has 0 spiro atoms. The fourth-order valence-corrected chi connectivity index (χ4v) is 3.62. The molecule has 0 fully saturated rings. The van der Waals surface area contributed by atoms with E-state index in [4.69, 9.17) is 20.9 Å². The lowest BCUT2D eigenvalue weighted by Gasteiger charge is -2.06. The molecule has 0 saturated heterocycles. The highest BCUT2D eigenvalue weighted by molar-refractivity contribution is 8.00. The molecule has 0 amide bonds. The molecular formula is C20H19ClN2O4S. The maximum atomic E-state index is 12.5. The van der Waals surface area contributed by atoms with Crippen LogP contribution in [0.2, 0.25) is 5.02 Å². The number of rotatable bonds is 7. The van der Waals surface area contributed by atoms with Crippen LogP contribution in [0.15, 0.2) is 45.8 Å². The first-order valence-electron chi connectivity index (χ1n) is 8.55. The summed E-state index contributed by atoms with van der Waals surface area (Å²) in [5.41, 5.74) is 2.07. The van der Waals surface area contributed by atoms with Gasteiger partial charge in [0.1, 0.15) is 5.76 Å². The SMILES string of the molecule is Cc1cc(-n2c(C)cc(C(=O)COC(=O)CSc3ccc(Cl)cc3)c2C)no1. The minimum Gasteiger partial charge on any atom is -0.457 e. The number of ether oxygens (including phenoxy) is 1. The Hall–Kier alpha value is -2.51. The molecule has 0 N–H and O–H groups in total. The van der Waals surface area contributed by atoms with Crippen molar-refractivity contribution in [1.29, 1.82) is 0 Å². The summed E-state index contributed by atoms with van der Waals surface area (Å²) in [6, 6.07) is 10.7. The molecule has 8 heteroatoms. The molecule has 3 aromatic rings. The molecule has 2 heterocycles. The summed E-state index contributed by atoms with van der Waals surface area (Å²) in [6.45, 7) is 5.20. The molecular weight excluding hydrogens is 400 g/mol. The van der Waals surface area contributed by atoms with Gasteiger partial charge in [-0.05, 0) is 51.1 Å². The van der Waals surface area contributed by atoms with Gasteiger partial charge in [0.05, 0.1) is 5.75 Å². The lowest BCUT2D eigenvalue weighted by molar-refractivity contribution is -0.139. The van der Waals surface area contributed by atoms with Crippen LogP contribution < -0.4 is 0 Å². The number of aryl methyl sites for hydroxylation is 2. The molecule has 0 saturated carbocycles. The van der Waals surface area contributed by atoms with Crippen molar-refractivity contribution in [2.45, 2.75) is 25.7 Å². The summed E-state index contributed by atoms with van der Waals surface area (Å²) in [5, 5.41) is 4.63. The molecule has 146 valence electrons. The van der Waals surface area contributed by atoms with Gasteiger partial charge in [0.2, 0.25) is 5.78 Å². The first-order chi connectivity index (χ1) is 13.3. The zero-order chi connectivity index (χ0) is 20.3. The van der Waals surface area contributed by atoms with Crippen molar-refractivity contribution < 1.29 is 18.8 Å². The Kier molecular flexibility index (Phi) is 6.26. The minimum absolute atomic E-state index is 0.117. The van der Waals surface area contributed by atoms with Crippen molar-refractivity contribution in [3.8, 4) is 5.82 Å². The van der Waals surface area contributed by atoms with E-state index in [1.807, 2.05) is 30.5 Å². The number of hydrogen-bond acceptors (Lipinski definition) is 6. The number of Topliss-reactive ketones (excluding diaryl/α,β-unsaturated/α-hetero) is 1. The molecule has 0 aliphatic rings. The van der Waals surface area contributed by atoms with Crippen LogP contribution in [-0.4, -0.2) is 33.8 Å². The summed E-state index contributed by atoms with van der Waals surface area (Å²) in [7, 11) is 0. The summed E-state index contributed by atoms with van der Waals surface area (Å²) in [6.07, 6.45) is 0. The van der Waals surface area contributed by atoms with Gasteiger partial charge in [-0.2, -0.15) is 0 Å². The van der Waals surface area contributed by atoms with Gasteiger partial charge in [-0.3, -0.25) is 14.2 Å². The van der Waals surface area contributed by atoms with E-state index in [9.17, 15) is 9.59 Å². The van der Waals surface area contributed by atoms with Crippen LogP contribution in [0.4, 0.5) is 0 Å².